The molecule has 0 unspecified atom stereocenters. The second-order valence-corrected chi connectivity index (χ2v) is 9.10. The first kappa shape index (κ1) is 25.4. The molecular formula is C26H30FN3O3S. The number of carbonyl (C=O) groups is 2. The van der Waals surface area contributed by atoms with Crippen LogP contribution in [0.2, 0.25) is 0 Å². The Balaban J connectivity index is 1.58. The molecule has 1 heterocycles. The van der Waals surface area contributed by atoms with E-state index in [0.717, 1.165) is 42.5 Å². The summed E-state index contributed by atoms with van der Waals surface area (Å²) in [6, 6.07) is 12.1. The van der Waals surface area contributed by atoms with E-state index in [9.17, 15) is 14.0 Å². The first-order valence-corrected chi connectivity index (χ1v) is 12.3. The van der Waals surface area contributed by atoms with Crippen LogP contribution in [0.4, 0.5) is 15.2 Å². The van der Waals surface area contributed by atoms with Gasteiger partial charge in [0.1, 0.15) is 5.82 Å². The van der Waals surface area contributed by atoms with Gasteiger partial charge in [0.15, 0.2) is 5.13 Å². The first-order chi connectivity index (χ1) is 16.4. The number of aryl methyl sites for hydroxylation is 1. The lowest BCUT2D eigenvalue weighted by atomic mass is 9.94. The Bertz CT molecular complexity index is 1110. The molecule has 3 rings (SSSR count). The molecule has 8 heteroatoms. The van der Waals surface area contributed by atoms with Crippen LogP contribution in [0.25, 0.3) is 0 Å². The van der Waals surface area contributed by atoms with Crippen molar-refractivity contribution in [3.05, 3.63) is 76.0 Å². The zero-order valence-corrected chi connectivity index (χ0v) is 20.3. The van der Waals surface area contributed by atoms with Gasteiger partial charge in [0.05, 0.1) is 12.1 Å². The largest absolute Gasteiger partial charge is 0.481 e. The van der Waals surface area contributed by atoms with E-state index in [1.807, 2.05) is 12.1 Å². The molecule has 3 N–H and O–H groups in total. The van der Waals surface area contributed by atoms with Crippen LogP contribution in [0.5, 0.6) is 0 Å². The number of carbonyl (C=O) groups excluding carboxylic acids is 1. The van der Waals surface area contributed by atoms with Gasteiger partial charge in [-0.15, -0.1) is 11.3 Å². The predicted octanol–water partition coefficient (Wildman–Crippen LogP) is 6.14. The zero-order valence-electron chi connectivity index (χ0n) is 19.4. The molecule has 2 aromatic carbocycles. The minimum Gasteiger partial charge on any atom is -0.481 e. The number of anilines is 2. The molecule has 0 saturated heterocycles. The summed E-state index contributed by atoms with van der Waals surface area (Å²) < 4.78 is 13.8. The smallest absolute Gasteiger partial charge is 0.309 e. The molecule has 0 atom stereocenters. The van der Waals surface area contributed by atoms with E-state index in [0.29, 0.717) is 28.9 Å². The van der Waals surface area contributed by atoms with Crippen LogP contribution in [0.1, 0.15) is 60.3 Å². The fourth-order valence-corrected chi connectivity index (χ4v) is 4.44. The Kier molecular flexibility index (Phi) is 9.16. The number of rotatable bonds is 12. The summed E-state index contributed by atoms with van der Waals surface area (Å²) in [5.74, 6) is -0.858. The average Bonchev–Trinajstić information content (AvgIpc) is 3.25. The van der Waals surface area contributed by atoms with Crippen molar-refractivity contribution in [2.24, 2.45) is 5.92 Å². The normalized spacial score (nSPS) is 10.9. The minimum atomic E-state index is -0.966. The van der Waals surface area contributed by atoms with Crippen molar-refractivity contribution >= 4 is 34.0 Å². The topological polar surface area (TPSA) is 91.3 Å². The number of aliphatic carboxylic acids is 1. The van der Waals surface area contributed by atoms with Gasteiger partial charge in [-0.1, -0.05) is 38.8 Å². The monoisotopic (exact) mass is 483 g/mol. The van der Waals surface area contributed by atoms with Crippen LogP contribution < -0.4 is 10.6 Å². The van der Waals surface area contributed by atoms with Crippen molar-refractivity contribution in [3.8, 4) is 0 Å². The third-order valence-corrected chi connectivity index (χ3v) is 6.65. The highest BCUT2D eigenvalue weighted by Gasteiger charge is 2.12. The summed E-state index contributed by atoms with van der Waals surface area (Å²) in [4.78, 5) is 27.4. The van der Waals surface area contributed by atoms with Crippen LogP contribution in [-0.4, -0.2) is 22.0 Å². The summed E-state index contributed by atoms with van der Waals surface area (Å²) >= 11 is 1.19. The molecule has 6 nitrogen and oxygen atoms in total. The maximum Gasteiger partial charge on any atom is 0.309 e. The number of nitrogens with one attached hydrogen (secondary N) is 2. The van der Waals surface area contributed by atoms with Crippen molar-refractivity contribution < 1.29 is 19.1 Å². The summed E-state index contributed by atoms with van der Waals surface area (Å²) in [5, 5.41) is 16.9. The Hall–Kier alpha value is -3.26. The molecule has 0 aliphatic heterocycles. The number of amides is 1. The zero-order chi connectivity index (χ0) is 24.5. The summed E-state index contributed by atoms with van der Waals surface area (Å²) in [5.41, 5.74) is 3.79. The molecule has 1 aromatic heterocycles. The fraction of sp³-hybridized carbons (Fsp3) is 0.346. The van der Waals surface area contributed by atoms with Gasteiger partial charge in [-0.25, -0.2) is 9.37 Å². The van der Waals surface area contributed by atoms with Crippen LogP contribution in [0, 0.1) is 11.7 Å². The Morgan fingerprint density at radius 3 is 2.53 bits per heavy atom. The SMILES string of the molecule is CCC(CC)CCc1cc(F)ccc1NCc1ccc(C(=O)Nc2nc(CC(=O)O)cs2)cc1. The number of benzene rings is 2. The van der Waals surface area contributed by atoms with Crippen LogP contribution >= 0.6 is 11.3 Å². The Morgan fingerprint density at radius 1 is 1.12 bits per heavy atom. The number of aromatic nitrogens is 1. The standard InChI is InChI=1S/C26H30FN3O3S/c1-3-17(4-2)5-10-20-13-21(27)11-12-23(20)28-15-18-6-8-19(9-7-18)25(33)30-26-29-22(16-34-26)14-24(31)32/h6-9,11-13,16-17,28H,3-5,10,14-15H2,1-2H3,(H,31,32)(H,29,30,33). The molecule has 0 bridgehead atoms. The predicted molar refractivity (Wildman–Crippen MR) is 134 cm³/mol. The molecule has 3 aromatic rings. The molecule has 1 amide bonds. The van der Waals surface area contributed by atoms with Gasteiger partial charge in [0.2, 0.25) is 0 Å². The van der Waals surface area contributed by atoms with Gasteiger partial charge in [-0.3, -0.25) is 14.9 Å². The van der Waals surface area contributed by atoms with E-state index in [2.05, 4.69) is 29.5 Å². The number of carboxylic acids is 1. The second kappa shape index (κ2) is 12.3. The first-order valence-electron chi connectivity index (χ1n) is 11.5. The molecule has 0 aliphatic rings. The van der Waals surface area contributed by atoms with E-state index in [-0.39, 0.29) is 18.1 Å². The van der Waals surface area contributed by atoms with E-state index in [4.69, 9.17) is 5.11 Å². The minimum absolute atomic E-state index is 0.179. The number of carboxylic acid groups (broad SMARTS) is 1. The number of halogens is 1. The highest BCUT2D eigenvalue weighted by Crippen LogP contribution is 2.24. The van der Waals surface area contributed by atoms with Crippen molar-refractivity contribution in [1.29, 1.82) is 0 Å². The molecule has 0 spiro atoms. The van der Waals surface area contributed by atoms with Crippen molar-refractivity contribution in [1.82, 2.24) is 4.98 Å². The van der Waals surface area contributed by atoms with Gasteiger partial charge >= 0.3 is 5.97 Å². The molecule has 0 fully saturated rings. The Morgan fingerprint density at radius 2 is 1.85 bits per heavy atom. The number of thiazole rings is 1. The molecular weight excluding hydrogens is 453 g/mol. The molecule has 34 heavy (non-hydrogen) atoms. The average molecular weight is 484 g/mol. The van der Waals surface area contributed by atoms with Crippen molar-refractivity contribution in [2.75, 3.05) is 10.6 Å². The molecule has 0 radical (unpaired) electrons. The lowest BCUT2D eigenvalue weighted by Crippen LogP contribution is -2.12. The summed E-state index contributed by atoms with van der Waals surface area (Å²) in [6.45, 7) is 4.93. The second-order valence-electron chi connectivity index (χ2n) is 8.24. The van der Waals surface area contributed by atoms with Crippen LogP contribution in [0.3, 0.4) is 0 Å². The van der Waals surface area contributed by atoms with E-state index < -0.39 is 5.97 Å². The third-order valence-electron chi connectivity index (χ3n) is 5.85. The van der Waals surface area contributed by atoms with E-state index in [1.165, 1.54) is 17.4 Å². The number of hydrogen-bond donors (Lipinski definition) is 3. The maximum atomic E-state index is 13.8. The molecule has 180 valence electrons. The Labute approximate surface area is 203 Å². The lowest BCUT2D eigenvalue weighted by molar-refractivity contribution is -0.136. The molecule has 0 aliphatic carbocycles. The van der Waals surface area contributed by atoms with Gasteiger partial charge in [0, 0.05) is 23.2 Å². The lowest BCUT2D eigenvalue weighted by Gasteiger charge is -2.16. The fourth-order valence-electron chi connectivity index (χ4n) is 3.74. The van der Waals surface area contributed by atoms with Gasteiger partial charge in [-0.05, 0) is 60.2 Å². The van der Waals surface area contributed by atoms with Crippen LogP contribution in [-0.2, 0) is 24.2 Å². The van der Waals surface area contributed by atoms with Gasteiger partial charge < -0.3 is 10.4 Å². The van der Waals surface area contributed by atoms with Crippen LogP contribution in [0.15, 0.2) is 47.8 Å². The third kappa shape index (κ3) is 7.38. The summed E-state index contributed by atoms with van der Waals surface area (Å²) in [7, 11) is 0. The maximum absolute atomic E-state index is 13.8. The molecule has 0 saturated carbocycles. The van der Waals surface area contributed by atoms with E-state index >= 15 is 0 Å². The number of hydrogen-bond acceptors (Lipinski definition) is 5. The van der Waals surface area contributed by atoms with Gasteiger partial charge in [-0.2, -0.15) is 0 Å². The highest BCUT2D eigenvalue weighted by molar-refractivity contribution is 7.14. The quantitative estimate of drug-likeness (QED) is 0.288. The van der Waals surface area contributed by atoms with Gasteiger partial charge in [0.25, 0.3) is 5.91 Å². The number of nitrogens with zero attached hydrogens (tertiary/aromatic N) is 1. The van der Waals surface area contributed by atoms with Crippen molar-refractivity contribution in [2.45, 2.75) is 52.5 Å². The van der Waals surface area contributed by atoms with E-state index in [1.54, 1.807) is 29.6 Å². The summed E-state index contributed by atoms with van der Waals surface area (Å²) in [6.07, 6.45) is 3.94. The van der Waals surface area contributed by atoms with Crippen molar-refractivity contribution in [3.63, 3.8) is 0 Å². The highest BCUT2D eigenvalue weighted by atomic mass is 32.1.